The van der Waals surface area contributed by atoms with Gasteiger partial charge in [0.1, 0.15) is 11.8 Å². The van der Waals surface area contributed by atoms with Crippen molar-refractivity contribution in [3.8, 4) is 17.1 Å². The fourth-order valence-electron chi connectivity index (χ4n) is 2.01. The van der Waals surface area contributed by atoms with Crippen LogP contribution < -0.4 is 10.1 Å². The number of benzene rings is 1. The number of carbonyl (C=O) groups excluding carboxylic acids is 1. The summed E-state index contributed by atoms with van der Waals surface area (Å²) < 4.78 is 10.4. The number of ether oxygens (including phenoxy) is 1. The van der Waals surface area contributed by atoms with Crippen LogP contribution in [0.1, 0.15) is 25.3 Å². The largest absolute Gasteiger partial charge is 0.497 e. The summed E-state index contributed by atoms with van der Waals surface area (Å²) in [7, 11) is 3.08. The lowest BCUT2D eigenvalue weighted by Crippen LogP contribution is -2.39. The normalized spacial score (nSPS) is 11.6. The predicted molar refractivity (Wildman–Crippen MR) is 88.1 cm³/mol. The van der Waals surface area contributed by atoms with Crippen molar-refractivity contribution in [3.05, 3.63) is 30.2 Å². The first kappa shape index (κ1) is 18.2. The molecular weight excluding hydrogens is 328 g/mol. The summed E-state index contributed by atoms with van der Waals surface area (Å²) in [5.41, 5.74) is 0.728. The Morgan fingerprint density at radius 1 is 1.44 bits per heavy atom. The van der Waals surface area contributed by atoms with E-state index in [0.717, 1.165) is 5.56 Å². The smallest absolute Gasteiger partial charge is 0.317 e. The Balaban J connectivity index is 2.01. The van der Waals surface area contributed by atoms with Gasteiger partial charge in [-0.05, 0) is 19.1 Å². The van der Waals surface area contributed by atoms with Crippen molar-refractivity contribution in [2.24, 2.45) is 0 Å². The number of hydrogen-bond acceptors (Lipinski definition) is 6. The Morgan fingerprint density at radius 3 is 2.88 bits per heavy atom. The minimum absolute atomic E-state index is 0.104. The zero-order valence-corrected chi connectivity index (χ0v) is 14.2. The van der Waals surface area contributed by atoms with Crippen molar-refractivity contribution < 1.29 is 24.0 Å². The van der Waals surface area contributed by atoms with E-state index in [1.165, 1.54) is 11.9 Å². The van der Waals surface area contributed by atoms with Crippen molar-refractivity contribution in [2.75, 3.05) is 20.7 Å². The molecule has 0 radical (unpaired) electrons. The molecule has 1 aromatic heterocycles. The number of carboxylic acids is 1. The van der Waals surface area contributed by atoms with Crippen LogP contribution in [-0.4, -0.2) is 52.8 Å². The van der Waals surface area contributed by atoms with Gasteiger partial charge in [-0.25, -0.2) is 4.79 Å². The molecule has 9 nitrogen and oxygen atoms in total. The molecule has 0 aliphatic rings. The van der Waals surface area contributed by atoms with Crippen molar-refractivity contribution in [1.82, 2.24) is 20.4 Å². The fraction of sp³-hybridized carbons (Fsp3) is 0.375. The summed E-state index contributed by atoms with van der Waals surface area (Å²) in [5.74, 6) is 0.338. The lowest BCUT2D eigenvalue weighted by Gasteiger charge is -2.18. The monoisotopic (exact) mass is 348 g/mol. The molecule has 134 valence electrons. The van der Waals surface area contributed by atoms with Gasteiger partial charge in [0, 0.05) is 19.2 Å². The summed E-state index contributed by atoms with van der Waals surface area (Å²) in [4.78, 5) is 28.1. The van der Waals surface area contributed by atoms with Gasteiger partial charge < -0.3 is 24.6 Å². The van der Waals surface area contributed by atoms with Crippen molar-refractivity contribution >= 4 is 12.0 Å². The standard InChI is InChI=1S/C16H20N4O5/c1-10(17-16(23)20(2)8-7-13(21)22)15-18-14(19-25-15)11-5-4-6-12(9-11)24-3/h4-6,9-10H,7-8H2,1-3H3,(H,17,23)(H,21,22). The highest BCUT2D eigenvalue weighted by molar-refractivity contribution is 5.75. The van der Waals surface area contributed by atoms with Gasteiger partial charge in [-0.3, -0.25) is 4.79 Å². The minimum Gasteiger partial charge on any atom is -0.497 e. The number of amides is 2. The molecular formula is C16H20N4O5. The molecule has 0 fully saturated rings. The van der Waals surface area contributed by atoms with E-state index in [2.05, 4.69) is 15.5 Å². The zero-order chi connectivity index (χ0) is 18.4. The number of hydrogen-bond donors (Lipinski definition) is 2. The second-order valence-electron chi connectivity index (χ2n) is 5.42. The van der Waals surface area contributed by atoms with E-state index in [1.54, 1.807) is 26.2 Å². The molecule has 0 saturated carbocycles. The zero-order valence-electron chi connectivity index (χ0n) is 14.2. The molecule has 1 heterocycles. The van der Waals surface area contributed by atoms with Crippen molar-refractivity contribution in [2.45, 2.75) is 19.4 Å². The second kappa shape index (κ2) is 8.13. The molecule has 2 aromatic rings. The molecule has 1 aromatic carbocycles. The molecule has 2 rings (SSSR count). The third kappa shape index (κ3) is 4.93. The van der Waals surface area contributed by atoms with Crippen molar-refractivity contribution in [3.63, 3.8) is 0 Å². The third-order valence-electron chi connectivity index (χ3n) is 3.49. The van der Waals surface area contributed by atoms with E-state index in [9.17, 15) is 9.59 Å². The average Bonchev–Trinajstić information content (AvgIpc) is 3.09. The summed E-state index contributed by atoms with van der Waals surface area (Å²) in [6.07, 6.45) is -0.126. The molecule has 0 bridgehead atoms. The summed E-state index contributed by atoms with van der Waals surface area (Å²) in [6.45, 7) is 1.80. The van der Waals surface area contributed by atoms with Gasteiger partial charge in [-0.2, -0.15) is 4.98 Å². The molecule has 0 aliphatic heterocycles. The van der Waals surface area contributed by atoms with Crippen LogP contribution in [0.5, 0.6) is 5.75 Å². The van der Waals surface area contributed by atoms with Gasteiger partial charge >= 0.3 is 12.0 Å². The summed E-state index contributed by atoms with van der Waals surface area (Å²) in [6, 6.07) is 6.27. The van der Waals surface area contributed by atoms with Gasteiger partial charge in [0.2, 0.25) is 11.7 Å². The van der Waals surface area contributed by atoms with E-state index in [0.29, 0.717) is 11.6 Å². The minimum atomic E-state index is -0.965. The molecule has 9 heteroatoms. The number of aliphatic carboxylic acids is 1. The van der Waals surface area contributed by atoms with Gasteiger partial charge in [0.05, 0.1) is 13.5 Å². The molecule has 0 spiro atoms. The van der Waals surface area contributed by atoms with Gasteiger partial charge in [0.25, 0.3) is 0 Å². The molecule has 2 N–H and O–H groups in total. The second-order valence-corrected chi connectivity index (χ2v) is 5.42. The molecule has 1 unspecified atom stereocenters. The van der Waals surface area contributed by atoms with Gasteiger partial charge in [0.15, 0.2) is 0 Å². The highest BCUT2D eigenvalue weighted by Crippen LogP contribution is 2.22. The van der Waals surface area contributed by atoms with Crippen LogP contribution in [0.2, 0.25) is 0 Å². The lowest BCUT2D eigenvalue weighted by atomic mass is 10.2. The van der Waals surface area contributed by atoms with E-state index in [1.807, 2.05) is 12.1 Å². The van der Waals surface area contributed by atoms with E-state index < -0.39 is 18.0 Å². The molecule has 0 saturated heterocycles. The number of aromatic nitrogens is 2. The number of methoxy groups -OCH3 is 1. The molecule has 2 amide bonds. The maximum atomic E-state index is 12.0. The van der Waals surface area contributed by atoms with Crippen LogP contribution in [0, 0.1) is 0 Å². The van der Waals surface area contributed by atoms with Crippen LogP contribution in [0.3, 0.4) is 0 Å². The number of nitrogens with zero attached hydrogens (tertiary/aromatic N) is 3. The first-order valence-corrected chi connectivity index (χ1v) is 7.62. The number of rotatable bonds is 7. The van der Waals surface area contributed by atoms with Crippen molar-refractivity contribution in [1.29, 1.82) is 0 Å². The maximum absolute atomic E-state index is 12.0. The topological polar surface area (TPSA) is 118 Å². The quantitative estimate of drug-likeness (QED) is 0.785. The number of carbonyl (C=O) groups is 2. The van der Waals surface area contributed by atoms with Crippen LogP contribution >= 0.6 is 0 Å². The highest BCUT2D eigenvalue weighted by atomic mass is 16.5. The SMILES string of the molecule is COc1cccc(-c2noc(C(C)NC(=O)N(C)CCC(=O)O)n2)c1. The van der Waals surface area contributed by atoms with Crippen LogP contribution in [-0.2, 0) is 4.79 Å². The van der Waals surface area contributed by atoms with Gasteiger partial charge in [-0.15, -0.1) is 0 Å². The summed E-state index contributed by atoms with van der Waals surface area (Å²) >= 11 is 0. The predicted octanol–water partition coefficient (Wildman–Crippen LogP) is 1.92. The highest BCUT2D eigenvalue weighted by Gasteiger charge is 2.19. The average molecular weight is 348 g/mol. The van der Waals surface area contributed by atoms with E-state index in [4.69, 9.17) is 14.4 Å². The molecule has 1 atom stereocenters. The lowest BCUT2D eigenvalue weighted by molar-refractivity contribution is -0.137. The number of nitrogens with one attached hydrogen (secondary N) is 1. The van der Waals surface area contributed by atoms with E-state index >= 15 is 0 Å². The number of carboxylic acid groups (broad SMARTS) is 1. The van der Waals surface area contributed by atoms with Crippen LogP contribution in [0.4, 0.5) is 4.79 Å². The Morgan fingerprint density at radius 2 is 2.20 bits per heavy atom. The first-order chi connectivity index (χ1) is 11.9. The van der Waals surface area contributed by atoms with Crippen LogP contribution in [0.25, 0.3) is 11.4 Å². The Bertz CT molecular complexity index is 746. The Hall–Kier alpha value is -3.10. The number of urea groups is 1. The van der Waals surface area contributed by atoms with Crippen LogP contribution in [0.15, 0.2) is 28.8 Å². The molecule has 0 aliphatic carbocycles. The van der Waals surface area contributed by atoms with Gasteiger partial charge in [-0.1, -0.05) is 17.3 Å². The summed E-state index contributed by atoms with van der Waals surface area (Å²) in [5, 5.41) is 15.2. The Kier molecular flexibility index (Phi) is 5.93. The maximum Gasteiger partial charge on any atom is 0.317 e. The Labute approximate surface area is 144 Å². The fourth-order valence-corrected chi connectivity index (χ4v) is 2.01. The first-order valence-electron chi connectivity index (χ1n) is 7.62. The molecule has 25 heavy (non-hydrogen) atoms. The third-order valence-corrected chi connectivity index (χ3v) is 3.49. The van der Waals surface area contributed by atoms with E-state index in [-0.39, 0.29) is 18.9 Å².